The molecule has 0 radical (unpaired) electrons. The first kappa shape index (κ1) is 12.8. The molecular weight excluding hydrogens is 148 g/mol. The van der Waals surface area contributed by atoms with Crippen molar-refractivity contribution in [2.75, 3.05) is 13.2 Å². The summed E-state index contributed by atoms with van der Waals surface area (Å²) in [6.07, 6.45) is 0.833. The van der Waals surface area contributed by atoms with Gasteiger partial charge in [0, 0.05) is 25.2 Å². The average molecular weight is 162 g/mol. The van der Waals surface area contributed by atoms with E-state index in [2.05, 4.69) is 6.58 Å². The molecule has 0 aromatic carbocycles. The molecule has 0 fully saturated rings. The molecule has 0 atom stereocenters. The minimum Gasteiger partial charge on any atom is -0.478 e. The van der Waals surface area contributed by atoms with Crippen molar-refractivity contribution in [3.05, 3.63) is 12.7 Å². The standard InChI is InChI=1S/C4H10O2.C3H4O2/c1-4(2-5)3-6;1-2-3(4)5/h4-6H,2-3H2,1H3;2H,1H2,(H,4,5). The van der Waals surface area contributed by atoms with Crippen LogP contribution in [0.15, 0.2) is 12.7 Å². The van der Waals surface area contributed by atoms with Crippen molar-refractivity contribution >= 4 is 5.97 Å². The van der Waals surface area contributed by atoms with E-state index in [0.717, 1.165) is 6.08 Å². The Labute approximate surface area is 65.8 Å². The highest BCUT2D eigenvalue weighted by molar-refractivity contribution is 5.78. The second-order valence-corrected chi connectivity index (χ2v) is 2.01. The van der Waals surface area contributed by atoms with Crippen LogP contribution in [0.5, 0.6) is 0 Å². The van der Waals surface area contributed by atoms with Crippen LogP contribution in [0.2, 0.25) is 0 Å². The highest BCUT2D eigenvalue weighted by Gasteiger charge is 1.91. The molecule has 66 valence electrons. The van der Waals surface area contributed by atoms with Gasteiger partial charge < -0.3 is 15.3 Å². The number of hydrogen-bond donors (Lipinski definition) is 3. The first-order chi connectivity index (χ1) is 5.08. The maximum absolute atomic E-state index is 9.25. The van der Waals surface area contributed by atoms with Crippen LogP contribution in [0, 0.1) is 5.92 Å². The molecule has 0 aliphatic rings. The fourth-order valence-corrected chi connectivity index (χ4v) is 0.0577. The quantitative estimate of drug-likeness (QED) is 0.505. The summed E-state index contributed by atoms with van der Waals surface area (Å²) < 4.78 is 0. The third-order valence-electron chi connectivity index (χ3n) is 0.798. The fourth-order valence-electron chi connectivity index (χ4n) is 0.0577. The zero-order valence-corrected chi connectivity index (χ0v) is 6.53. The lowest BCUT2D eigenvalue weighted by Gasteiger charge is -1.97. The summed E-state index contributed by atoms with van der Waals surface area (Å²) in [5.41, 5.74) is 0. The molecule has 0 aliphatic carbocycles. The highest BCUT2D eigenvalue weighted by atomic mass is 16.4. The summed E-state index contributed by atoms with van der Waals surface area (Å²) in [5.74, 6) is -0.935. The van der Waals surface area contributed by atoms with Crippen molar-refractivity contribution in [1.82, 2.24) is 0 Å². The Balaban J connectivity index is 0. The van der Waals surface area contributed by atoms with Crippen LogP contribution >= 0.6 is 0 Å². The molecule has 0 bridgehead atoms. The predicted octanol–water partition coefficient (Wildman–Crippen LogP) is -0.136. The highest BCUT2D eigenvalue weighted by Crippen LogP contribution is 1.85. The van der Waals surface area contributed by atoms with Gasteiger partial charge in [-0.1, -0.05) is 13.5 Å². The van der Waals surface area contributed by atoms with Gasteiger partial charge in [0.05, 0.1) is 0 Å². The predicted molar refractivity (Wildman–Crippen MR) is 41.2 cm³/mol. The molecular formula is C7H14O4. The number of aliphatic carboxylic acids is 1. The molecule has 0 heterocycles. The number of aliphatic hydroxyl groups is 2. The van der Waals surface area contributed by atoms with Crippen LogP contribution in [0.1, 0.15) is 6.92 Å². The minimum atomic E-state index is -0.981. The van der Waals surface area contributed by atoms with E-state index in [-0.39, 0.29) is 19.1 Å². The zero-order valence-electron chi connectivity index (χ0n) is 6.53. The van der Waals surface area contributed by atoms with Gasteiger partial charge in [-0.15, -0.1) is 0 Å². The Kier molecular flexibility index (Phi) is 10.6. The lowest BCUT2D eigenvalue weighted by molar-refractivity contribution is -0.131. The monoisotopic (exact) mass is 162 g/mol. The van der Waals surface area contributed by atoms with Gasteiger partial charge in [-0.2, -0.15) is 0 Å². The van der Waals surface area contributed by atoms with E-state index in [1.165, 1.54) is 0 Å². The van der Waals surface area contributed by atoms with Gasteiger partial charge in [-0.3, -0.25) is 0 Å². The lowest BCUT2D eigenvalue weighted by Crippen LogP contribution is -2.04. The molecule has 3 N–H and O–H groups in total. The number of carboxylic acid groups (broad SMARTS) is 1. The summed E-state index contributed by atoms with van der Waals surface area (Å²) in [6.45, 7) is 4.90. The maximum Gasteiger partial charge on any atom is 0.327 e. The van der Waals surface area contributed by atoms with Crippen LogP contribution in [0.4, 0.5) is 0 Å². The van der Waals surface area contributed by atoms with Gasteiger partial charge in [0.2, 0.25) is 0 Å². The smallest absolute Gasteiger partial charge is 0.327 e. The molecule has 4 heteroatoms. The molecule has 4 nitrogen and oxygen atoms in total. The average Bonchev–Trinajstić information content (AvgIpc) is 2.04. The molecule has 0 saturated carbocycles. The fraction of sp³-hybridized carbons (Fsp3) is 0.571. The summed E-state index contributed by atoms with van der Waals surface area (Å²) in [5, 5.41) is 24.0. The summed E-state index contributed by atoms with van der Waals surface area (Å²) >= 11 is 0. The molecule has 0 unspecified atom stereocenters. The third-order valence-corrected chi connectivity index (χ3v) is 0.798. The zero-order chi connectivity index (χ0) is 9.28. The summed E-state index contributed by atoms with van der Waals surface area (Å²) in [7, 11) is 0. The van der Waals surface area contributed by atoms with Crippen molar-refractivity contribution in [3.63, 3.8) is 0 Å². The first-order valence-corrected chi connectivity index (χ1v) is 3.15. The van der Waals surface area contributed by atoms with Crippen molar-refractivity contribution in [1.29, 1.82) is 0 Å². The van der Waals surface area contributed by atoms with Crippen molar-refractivity contribution in [2.24, 2.45) is 5.92 Å². The number of rotatable bonds is 3. The van der Waals surface area contributed by atoms with Crippen molar-refractivity contribution in [2.45, 2.75) is 6.92 Å². The number of hydrogen-bond acceptors (Lipinski definition) is 3. The van der Waals surface area contributed by atoms with E-state index in [4.69, 9.17) is 15.3 Å². The molecule has 0 saturated heterocycles. The number of carbonyl (C=O) groups is 1. The van der Waals surface area contributed by atoms with Crippen molar-refractivity contribution in [3.8, 4) is 0 Å². The number of aliphatic hydroxyl groups excluding tert-OH is 2. The van der Waals surface area contributed by atoms with Crippen LogP contribution in [0.3, 0.4) is 0 Å². The van der Waals surface area contributed by atoms with Crippen LogP contribution in [-0.4, -0.2) is 34.5 Å². The largest absolute Gasteiger partial charge is 0.478 e. The molecule has 11 heavy (non-hydrogen) atoms. The van der Waals surface area contributed by atoms with Gasteiger partial charge in [-0.05, 0) is 0 Å². The lowest BCUT2D eigenvalue weighted by atomic mass is 10.2. The first-order valence-electron chi connectivity index (χ1n) is 3.15. The van der Waals surface area contributed by atoms with E-state index >= 15 is 0 Å². The molecule has 0 spiro atoms. The Morgan fingerprint density at radius 3 is 1.82 bits per heavy atom. The molecule has 0 aromatic heterocycles. The Hall–Kier alpha value is -0.870. The van der Waals surface area contributed by atoms with Crippen LogP contribution < -0.4 is 0 Å². The molecule has 0 aliphatic heterocycles. The summed E-state index contributed by atoms with van der Waals surface area (Å²) in [6, 6.07) is 0. The van der Waals surface area contributed by atoms with E-state index < -0.39 is 5.97 Å². The maximum atomic E-state index is 9.25. The van der Waals surface area contributed by atoms with Gasteiger partial charge in [0.25, 0.3) is 0 Å². The van der Waals surface area contributed by atoms with Gasteiger partial charge in [0.15, 0.2) is 0 Å². The second-order valence-electron chi connectivity index (χ2n) is 2.01. The topological polar surface area (TPSA) is 77.8 Å². The third kappa shape index (κ3) is 17.6. The second kappa shape index (κ2) is 9.13. The summed E-state index contributed by atoms with van der Waals surface area (Å²) in [4.78, 5) is 9.25. The number of carboxylic acids is 1. The SMILES string of the molecule is C=CC(=O)O.CC(CO)CO. The normalized spacial score (nSPS) is 8.36. The minimum absolute atomic E-state index is 0.0463. The van der Waals surface area contributed by atoms with E-state index in [0.29, 0.717) is 0 Å². The molecule has 0 amide bonds. The Morgan fingerprint density at radius 1 is 1.55 bits per heavy atom. The Bertz CT molecular complexity index is 107. The molecule has 0 rings (SSSR count). The van der Waals surface area contributed by atoms with E-state index in [1.807, 2.05) is 0 Å². The Morgan fingerprint density at radius 2 is 1.82 bits per heavy atom. The van der Waals surface area contributed by atoms with Gasteiger partial charge in [0.1, 0.15) is 0 Å². The van der Waals surface area contributed by atoms with Gasteiger partial charge >= 0.3 is 5.97 Å². The van der Waals surface area contributed by atoms with Crippen molar-refractivity contribution < 1.29 is 20.1 Å². The van der Waals surface area contributed by atoms with Crippen LogP contribution in [-0.2, 0) is 4.79 Å². The van der Waals surface area contributed by atoms with Crippen LogP contribution in [0.25, 0.3) is 0 Å². The van der Waals surface area contributed by atoms with E-state index in [1.54, 1.807) is 6.92 Å². The van der Waals surface area contributed by atoms with Gasteiger partial charge in [-0.25, -0.2) is 4.79 Å². The van der Waals surface area contributed by atoms with E-state index in [9.17, 15) is 4.79 Å². The molecule has 0 aromatic rings.